The largest absolute Gasteiger partial charge is 0.463 e. The predicted octanol–water partition coefficient (Wildman–Crippen LogP) is 5.63. The molecule has 2 aromatic carbocycles. The molecule has 36 heavy (non-hydrogen) atoms. The Morgan fingerprint density at radius 2 is 2.11 bits per heavy atom. The van der Waals surface area contributed by atoms with Crippen LogP contribution >= 0.6 is 11.6 Å². The number of esters is 1. The maximum atomic E-state index is 13.5. The summed E-state index contributed by atoms with van der Waals surface area (Å²) in [6.45, 7) is 2.68. The molecule has 0 radical (unpaired) electrons. The normalized spacial score (nSPS) is 11.0. The monoisotopic (exact) mass is 506 g/mol. The van der Waals surface area contributed by atoms with E-state index < -0.39 is 11.8 Å². The maximum absolute atomic E-state index is 13.5. The zero-order valence-corrected chi connectivity index (χ0v) is 20.2. The highest BCUT2D eigenvalue weighted by Crippen LogP contribution is 2.29. The number of ether oxygens (including phenoxy) is 1. The maximum Gasteiger partial charge on any atom is 0.330 e. The van der Waals surface area contributed by atoms with Gasteiger partial charge < -0.3 is 15.4 Å². The first-order valence-corrected chi connectivity index (χ1v) is 11.7. The fourth-order valence-electron chi connectivity index (χ4n) is 3.40. The van der Waals surface area contributed by atoms with E-state index in [0.717, 1.165) is 28.7 Å². The van der Waals surface area contributed by atoms with Crippen molar-refractivity contribution >= 4 is 41.1 Å². The summed E-state index contributed by atoms with van der Waals surface area (Å²) in [6, 6.07) is 12.0. The van der Waals surface area contributed by atoms with Crippen LogP contribution in [0.4, 0.5) is 21.8 Å². The molecule has 0 aliphatic rings. The molecule has 0 spiro atoms. The second-order valence-electron chi connectivity index (χ2n) is 7.70. The third-order valence-corrected chi connectivity index (χ3v) is 5.41. The van der Waals surface area contributed by atoms with E-state index in [9.17, 15) is 9.18 Å². The van der Waals surface area contributed by atoms with Crippen molar-refractivity contribution in [2.45, 2.75) is 13.3 Å². The minimum absolute atomic E-state index is 0.00256. The summed E-state index contributed by atoms with van der Waals surface area (Å²) in [5.74, 6) is 0.0301. The number of anilines is 3. The first-order valence-electron chi connectivity index (χ1n) is 11.3. The molecular formula is C26H24ClFN6O2. The van der Waals surface area contributed by atoms with E-state index in [4.69, 9.17) is 16.3 Å². The quantitative estimate of drug-likeness (QED) is 0.189. The molecule has 8 nitrogen and oxygen atoms in total. The highest BCUT2D eigenvalue weighted by Gasteiger charge is 2.11. The molecule has 0 aliphatic carbocycles. The zero-order valence-electron chi connectivity index (χ0n) is 19.5. The Morgan fingerprint density at radius 1 is 1.22 bits per heavy atom. The third-order valence-electron chi connectivity index (χ3n) is 5.12. The molecule has 0 fully saturated rings. The number of hydrogen-bond acceptors (Lipinski definition) is 7. The Morgan fingerprint density at radius 3 is 2.89 bits per heavy atom. The highest BCUT2D eigenvalue weighted by atomic mass is 35.5. The molecule has 0 aliphatic heterocycles. The smallest absolute Gasteiger partial charge is 0.330 e. The minimum atomic E-state index is -0.503. The second kappa shape index (κ2) is 11.9. The first kappa shape index (κ1) is 24.9. The lowest BCUT2D eigenvalue weighted by Gasteiger charge is -2.14. The van der Waals surface area contributed by atoms with Crippen LogP contribution in [-0.2, 0) is 16.0 Å². The number of nitrogens with one attached hydrogen (secondary N) is 3. The lowest BCUT2D eigenvalue weighted by Crippen LogP contribution is -2.09. The molecule has 4 aromatic rings. The van der Waals surface area contributed by atoms with Gasteiger partial charge in [0.2, 0.25) is 5.95 Å². The van der Waals surface area contributed by atoms with Gasteiger partial charge in [-0.15, -0.1) is 0 Å². The van der Waals surface area contributed by atoms with Crippen molar-refractivity contribution in [2.75, 3.05) is 23.8 Å². The Bertz CT molecular complexity index is 1360. The number of nitrogens with zero attached hydrogens (tertiary/aromatic N) is 3. The summed E-state index contributed by atoms with van der Waals surface area (Å²) < 4.78 is 18.5. The van der Waals surface area contributed by atoms with Crippen LogP contribution in [0.5, 0.6) is 0 Å². The number of H-pyrrole nitrogens is 1. The van der Waals surface area contributed by atoms with Gasteiger partial charge in [-0.25, -0.2) is 14.2 Å². The molecule has 0 amide bonds. The van der Waals surface area contributed by atoms with Crippen LogP contribution in [0, 0.1) is 5.82 Å². The molecule has 0 bridgehead atoms. The number of carbonyl (C=O) groups is 1. The summed E-state index contributed by atoms with van der Waals surface area (Å²) in [6.07, 6.45) is 9.14. The number of aromatic nitrogens is 4. The number of benzene rings is 2. The molecule has 10 heteroatoms. The van der Waals surface area contributed by atoms with Crippen molar-refractivity contribution in [2.24, 2.45) is 0 Å². The summed E-state index contributed by atoms with van der Waals surface area (Å²) >= 11 is 5.90. The molecule has 0 saturated heterocycles. The Balaban J connectivity index is 1.61. The Kier molecular flexibility index (Phi) is 8.25. The van der Waals surface area contributed by atoms with Crippen molar-refractivity contribution in [3.05, 3.63) is 89.1 Å². The van der Waals surface area contributed by atoms with E-state index in [1.165, 1.54) is 18.2 Å². The highest BCUT2D eigenvalue weighted by molar-refractivity contribution is 6.31. The van der Waals surface area contributed by atoms with Gasteiger partial charge >= 0.3 is 5.97 Å². The number of carbonyl (C=O) groups excluding carboxylic acids is 1. The summed E-state index contributed by atoms with van der Waals surface area (Å²) in [4.78, 5) is 20.8. The predicted molar refractivity (Wildman–Crippen MR) is 139 cm³/mol. The van der Waals surface area contributed by atoms with Gasteiger partial charge in [0.25, 0.3) is 0 Å². The minimum Gasteiger partial charge on any atom is -0.463 e. The van der Waals surface area contributed by atoms with Crippen LogP contribution in [0.2, 0.25) is 5.02 Å². The van der Waals surface area contributed by atoms with Crippen molar-refractivity contribution < 1.29 is 13.9 Å². The molecule has 0 atom stereocenters. The Hall–Kier alpha value is -4.24. The molecule has 0 saturated carbocycles. The van der Waals surface area contributed by atoms with Gasteiger partial charge in [-0.2, -0.15) is 10.1 Å². The lowest BCUT2D eigenvalue weighted by molar-refractivity contribution is -0.137. The molecule has 0 unspecified atom stereocenters. The average Bonchev–Trinajstić information content (AvgIpc) is 3.39. The fraction of sp³-hybridized carbons (Fsp3) is 0.154. The SMILES string of the molecule is CCOC(=O)C=Cc1cccc(-c2cnc(Nc3ccc(F)c(Cl)c3)nc2NCCc2cn[nH]c2)c1. The zero-order chi connectivity index (χ0) is 25.3. The Labute approximate surface area is 212 Å². The van der Waals surface area contributed by atoms with Gasteiger partial charge in [-0.05, 0) is 60.4 Å². The van der Waals surface area contributed by atoms with Gasteiger partial charge in [-0.1, -0.05) is 29.8 Å². The number of halogens is 2. The van der Waals surface area contributed by atoms with Gasteiger partial charge in [0, 0.05) is 36.3 Å². The van der Waals surface area contributed by atoms with Crippen molar-refractivity contribution in [3.63, 3.8) is 0 Å². The van der Waals surface area contributed by atoms with Crippen LogP contribution < -0.4 is 10.6 Å². The van der Waals surface area contributed by atoms with E-state index in [1.54, 1.807) is 31.5 Å². The lowest BCUT2D eigenvalue weighted by atomic mass is 10.0. The molecule has 2 heterocycles. The number of aromatic amines is 1. The number of rotatable bonds is 10. The van der Waals surface area contributed by atoms with E-state index in [1.807, 2.05) is 30.5 Å². The van der Waals surface area contributed by atoms with Gasteiger partial charge in [-0.3, -0.25) is 5.10 Å². The van der Waals surface area contributed by atoms with E-state index >= 15 is 0 Å². The van der Waals surface area contributed by atoms with Crippen molar-refractivity contribution in [3.8, 4) is 11.1 Å². The number of hydrogen-bond donors (Lipinski definition) is 3. The summed E-state index contributed by atoms with van der Waals surface area (Å²) in [5.41, 5.74) is 4.08. The molecular weight excluding hydrogens is 483 g/mol. The van der Waals surface area contributed by atoms with Gasteiger partial charge in [0.1, 0.15) is 11.6 Å². The molecule has 4 rings (SSSR count). The molecule has 184 valence electrons. The summed E-state index contributed by atoms with van der Waals surface area (Å²) in [7, 11) is 0. The van der Waals surface area contributed by atoms with Crippen LogP contribution in [0.25, 0.3) is 17.2 Å². The standard InChI is InChI=1S/C26H24ClFN6O2/c1-2-36-24(35)9-6-17-4-3-5-19(12-17)21-16-30-26(33-20-7-8-23(28)22(27)13-20)34-25(21)29-11-10-18-14-31-32-15-18/h3-9,12-16H,2,10-11H2,1H3,(H,31,32)(H2,29,30,33,34). The van der Waals surface area contributed by atoms with Crippen molar-refractivity contribution in [1.82, 2.24) is 20.2 Å². The third kappa shape index (κ3) is 6.67. The molecule has 3 N–H and O–H groups in total. The van der Waals surface area contributed by atoms with Crippen LogP contribution in [-0.4, -0.2) is 39.3 Å². The topological polar surface area (TPSA) is 105 Å². The van der Waals surface area contributed by atoms with Crippen molar-refractivity contribution in [1.29, 1.82) is 0 Å². The van der Waals surface area contributed by atoms with Crippen LogP contribution in [0.1, 0.15) is 18.1 Å². The van der Waals surface area contributed by atoms with E-state index in [-0.39, 0.29) is 5.02 Å². The van der Waals surface area contributed by atoms with Crippen LogP contribution in [0.15, 0.2) is 67.1 Å². The summed E-state index contributed by atoms with van der Waals surface area (Å²) in [5, 5.41) is 13.2. The van der Waals surface area contributed by atoms with Gasteiger partial charge in [0.05, 0.1) is 17.8 Å². The van der Waals surface area contributed by atoms with E-state index in [2.05, 4.69) is 30.8 Å². The second-order valence-corrected chi connectivity index (χ2v) is 8.11. The fourth-order valence-corrected chi connectivity index (χ4v) is 3.58. The van der Waals surface area contributed by atoms with Gasteiger partial charge in [0.15, 0.2) is 0 Å². The van der Waals surface area contributed by atoms with E-state index in [0.29, 0.717) is 30.6 Å². The first-order chi connectivity index (χ1) is 17.5. The molecule has 2 aromatic heterocycles. The van der Waals surface area contributed by atoms with Crippen LogP contribution in [0.3, 0.4) is 0 Å². The average molecular weight is 507 g/mol.